The third-order valence-corrected chi connectivity index (χ3v) is 3.87. The number of urea groups is 1. The summed E-state index contributed by atoms with van der Waals surface area (Å²) >= 11 is 0. The molecule has 0 atom stereocenters. The van der Waals surface area contributed by atoms with Gasteiger partial charge >= 0.3 is 6.03 Å². The molecule has 2 aromatic rings. The Morgan fingerprint density at radius 2 is 2.19 bits per heavy atom. The maximum absolute atomic E-state index is 11.9. The lowest BCUT2D eigenvalue weighted by molar-refractivity contribution is 0.0506. The molecule has 3 N–H and O–H groups in total. The van der Waals surface area contributed by atoms with E-state index in [0.717, 1.165) is 31.2 Å². The number of carbonyl (C=O) groups excluding carboxylic acids is 1. The minimum atomic E-state index is -0.747. The minimum Gasteiger partial charge on any atom is -0.441 e. The second kappa shape index (κ2) is 5.37. The summed E-state index contributed by atoms with van der Waals surface area (Å²) in [4.78, 5) is 16.1. The maximum Gasteiger partial charge on any atom is 0.319 e. The van der Waals surface area contributed by atoms with E-state index in [4.69, 9.17) is 4.42 Å². The fourth-order valence-electron chi connectivity index (χ4n) is 2.75. The fourth-order valence-corrected chi connectivity index (χ4v) is 2.75. The van der Waals surface area contributed by atoms with Crippen molar-refractivity contribution < 1.29 is 14.3 Å². The molecule has 6 heteroatoms. The Hall–Kier alpha value is -2.08. The molecule has 0 bridgehead atoms. The van der Waals surface area contributed by atoms with Crippen molar-refractivity contribution >= 4 is 22.8 Å². The van der Waals surface area contributed by atoms with E-state index < -0.39 is 5.60 Å². The topological polar surface area (TPSA) is 87.4 Å². The van der Waals surface area contributed by atoms with Crippen molar-refractivity contribution in [3.8, 4) is 0 Å². The van der Waals surface area contributed by atoms with E-state index in [1.807, 2.05) is 0 Å². The molecular weight excluding hydrogens is 270 g/mol. The first-order chi connectivity index (χ1) is 10.0. The number of aliphatic hydroxyl groups is 1. The van der Waals surface area contributed by atoms with Crippen LogP contribution in [-0.4, -0.2) is 28.3 Å². The zero-order valence-electron chi connectivity index (χ0n) is 12.0. The second-order valence-corrected chi connectivity index (χ2v) is 5.65. The van der Waals surface area contributed by atoms with Crippen molar-refractivity contribution in [1.82, 2.24) is 10.3 Å². The summed E-state index contributed by atoms with van der Waals surface area (Å²) in [5, 5.41) is 15.6. The van der Waals surface area contributed by atoms with E-state index in [2.05, 4.69) is 15.6 Å². The van der Waals surface area contributed by atoms with Crippen molar-refractivity contribution in [2.24, 2.45) is 0 Å². The predicted octanol–water partition coefficient (Wildman–Crippen LogP) is 2.56. The molecule has 1 heterocycles. The fraction of sp³-hybridized carbons (Fsp3) is 0.467. The first kappa shape index (κ1) is 13.9. The summed E-state index contributed by atoms with van der Waals surface area (Å²) in [6.07, 6.45) is 3.52. The Labute approximate surface area is 122 Å². The van der Waals surface area contributed by atoms with Crippen LogP contribution in [0.1, 0.15) is 31.6 Å². The summed E-state index contributed by atoms with van der Waals surface area (Å²) < 4.78 is 5.42. The maximum atomic E-state index is 11.9. The Bertz CT molecular complexity index is 659. The molecule has 1 aromatic heterocycles. The summed E-state index contributed by atoms with van der Waals surface area (Å²) in [7, 11) is 0. The van der Waals surface area contributed by atoms with Crippen LogP contribution < -0.4 is 10.6 Å². The number of aromatic nitrogens is 1. The molecule has 21 heavy (non-hydrogen) atoms. The zero-order valence-corrected chi connectivity index (χ0v) is 12.0. The molecule has 0 unspecified atom stereocenters. The monoisotopic (exact) mass is 289 g/mol. The van der Waals surface area contributed by atoms with E-state index in [1.165, 1.54) is 0 Å². The number of aryl methyl sites for hydroxylation is 1. The number of oxazole rings is 1. The Morgan fingerprint density at radius 1 is 1.43 bits per heavy atom. The zero-order chi connectivity index (χ0) is 14.9. The van der Waals surface area contributed by atoms with Crippen molar-refractivity contribution in [1.29, 1.82) is 0 Å². The summed E-state index contributed by atoms with van der Waals surface area (Å²) in [6, 6.07) is 4.98. The van der Waals surface area contributed by atoms with Gasteiger partial charge in [0.1, 0.15) is 5.52 Å². The highest BCUT2D eigenvalue weighted by Gasteiger charge is 2.31. The largest absolute Gasteiger partial charge is 0.441 e. The van der Waals surface area contributed by atoms with Gasteiger partial charge in [-0.05, 0) is 25.0 Å². The molecule has 0 saturated heterocycles. The Balaban J connectivity index is 1.60. The van der Waals surface area contributed by atoms with E-state index in [9.17, 15) is 9.90 Å². The van der Waals surface area contributed by atoms with Crippen LogP contribution in [0.5, 0.6) is 0 Å². The predicted molar refractivity (Wildman–Crippen MR) is 79.2 cm³/mol. The number of hydrogen-bond donors (Lipinski definition) is 3. The molecule has 1 aromatic carbocycles. The molecule has 112 valence electrons. The van der Waals surface area contributed by atoms with Gasteiger partial charge in [0.25, 0.3) is 0 Å². The molecule has 0 spiro atoms. The van der Waals surface area contributed by atoms with Crippen molar-refractivity contribution in [3.63, 3.8) is 0 Å². The molecule has 0 radical (unpaired) electrons. The molecule has 6 nitrogen and oxygen atoms in total. The highest BCUT2D eigenvalue weighted by atomic mass is 16.3. The Kier molecular flexibility index (Phi) is 3.55. The first-order valence-electron chi connectivity index (χ1n) is 7.19. The average Bonchev–Trinajstić information content (AvgIpc) is 3.02. The van der Waals surface area contributed by atoms with Gasteiger partial charge in [0.05, 0.1) is 5.60 Å². The smallest absolute Gasteiger partial charge is 0.319 e. The molecular formula is C15H19N3O3. The van der Waals surface area contributed by atoms with Crippen LogP contribution in [0.4, 0.5) is 10.5 Å². The number of fused-ring (bicyclic) bond motifs is 1. The number of nitrogens with zero attached hydrogens (tertiary/aromatic N) is 1. The van der Waals surface area contributed by atoms with Gasteiger partial charge in [-0.2, -0.15) is 0 Å². The third kappa shape index (κ3) is 3.16. The highest BCUT2D eigenvalue weighted by molar-refractivity contribution is 5.91. The quantitative estimate of drug-likeness (QED) is 0.810. The number of benzene rings is 1. The van der Waals surface area contributed by atoms with Gasteiger partial charge < -0.3 is 20.2 Å². The van der Waals surface area contributed by atoms with Gasteiger partial charge in [-0.25, -0.2) is 9.78 Å². The summed E-state index contributed by atoms with van der Waals surface area (Å²) in [6.45, 7) is 2.06. The standard InChI is InChI=1S/C15H19N3O3/c1-10-17-12-5-4-11(8-13(12)21-10)18-14(19)16-9-15(20)6-2-3-7-15/h4-5,8,20H,2-3,6-7,9H2,1H3,(H2,16,18,19). The molecule has 1 fully saturated rings. The van der Waals surface area contributed by atoms with Gasteiger partial charge in [0, 0.05) is 25.2 Å². The van der Waals surface area contributed by atoms with Crippen LogP contribution in [0.25, 0.3) is 11.1 Å². The Morgan fingerprint density at radius 3 is 2.95 bits per heavy atom. The van der Waals surface area contributed by atoms with Crippen LogP contribution >= 0.6 is 0 Å². The summed E-state index contributed by atoms with van der Waals surface area (Å²) in [5.74, 6) is 0.593. The number of rotatable bonds is 3. The normalized spacial score (nSPS) is 17.0. The van der Waals surface area contributed by atoms with Gasteiger partial charge in [-0.1, -0.05) is 12.8 Å². The van der Waals surface area contributed by atoms with Gasteiger partial charge in [-0.15, -0.1) is 0 Å². The number of anilines is 1. The van der Waals surface area contributed by atoms with Crippen LogP contribution in [0.2, 0.25) is 0 Å². The van der Waals surface area contributed by atoms with E-state index >= 15 is 0 Å². The lowest BCUT2D eigenvalue weighted by Crippen LogP contribution is -2.42. The van der Waals surface area contributed by atoms with Crippen LogP contribution in [0.15, 0.2) is 22.6 Å². The third-order valence-electron chi connectivity index (χ3n) is 3.87. The second-order valence-electron chi connectivity index (χ2n) is 5.65. The number of carbonyl (C=O) groups is 1. The van der Waals surface area contributed by atoms with Crippen LogP contribution in [-0.2, 0) is 0 Å². The number of nitrogens with one attached hydrogen (secondary N) is 2. The highest BCUT2D eigenvalue weighted by Crippen LogP contribution is 2.28. The van der Waals surface area contributed by atoms with Crippen LogP contribution in [0.3, 0.4) is 0 Å². The van der Waals surface area contributed by atoms with Crippen molar-refractivity contribution in [3.05, 3.63) is 24.1 Å². The van der Waals surface area contributed by atoms with Crippen LogP contribution in [0, 0.1) is 6.92 Å². The molecule has 0 aliphatic heterocycles. The van der Waals surface area contributed by atoms with E-state index in [0.29, 0.717) is 17.2 Å². The van der Waals surface area contributed by atoms with Crippen molar-refractivity contribution in [2.75, 3.05) is 11.9 Å². The van der Waals surface area contributed by atoms with Gasteiger partial charge in [0.2, 0.25) is 0 Å². The molecule has 1 aliphatic carbocycles. The molecule has 1 aliphatic rings. The van der Waals surface area contributed by atoms with E-state index in [1.54, 1.807) is 25.1 Å². The summed E-state index contributed by atoms with van der Waals surface area (Å²) in [5.41, 5.74) is 1.29. The average molecular weight is 289 g/mol. The van der Waals surface area contributed by atoms with Gasteiger partial charge in [-0.3, -0.25) is 0 Å². The molecule has 2 amide bonds. The molecule has 3 rings (SSSR count). The van der Waals surface area contributed by atoms with Crippen molar-refractivity contribution in [2.45, 2.75) is 38.2 Å². The number of amides is 2. The first-order valence-corrected chi connectivity index (χ1v) is 7.19. The lowest BCUT2D eigenvalue weighted by Gasteiger charge is -2.22. The van der Waals surface area contributed by atoms with Gasteiger partial charge in [0.15, 0.2) is 11.5 Å². The minimum absolute atomic E-state index is 0.280. The van der Waals surface area contributed by atoms with E-state index in [-0.39, 0.29) is 12.6 Å². The number of hydrogen-bond acceptors (Lipinski definition) is 4. The lowest BCUT2D eigenvalue weighted by atomic mass is 10.0. The SMILES string of the molecule is Cc1nc2ccc(NC(=O)NCC3(O)CCCC3)cc2o1. The molecule has 1 saturated carbocycles.